The third-order valence-corrected chi connectivity index (χ3v) is 1.90. The number of nitrogens with two attached hydrogens (primary N) is 1. The molecule has 1 aromatic rings. The average molecular weight is 165 g/mol. The minimum Gasteiger partial charge on any atom is -0.396 e. The summed E-state index contributed by atoms with van der Waals surface area (Å²) in [4.78, 5) is 0. The van der Waals surface area contributed by atoms with Crippen LogP contribution in [0.5, 0.6) is 0 Å². The normalized spacial score (nSPS) is 12.8. The molecule has 3 N–H and O–H groups in total. The van der Waals surface area contributed by atoms with E-state index >= 15 is 0 Å². The van der Waals surface area contributed by atoms with Crippen molar-refractivity contribution in [3.8, 4) is 0 Å². The van der Waals surface area contributed by atoms with Crippen LogP contribution in [0.15, 0.2) is 30.3 Å². The Kier molecular flexibility index (Phi) is 3.77. The van der Waals surface area contributed by atoms with Crippen molar-refractivity contribution >= 4 is 0 Å². The number of rotatable bonds is 4. The zero-order valence-corrected chi connectivity index (χ0v) is 7.11. The summed E-state index contributed by atoms with van der Waals surface area (Å²) < 4.78 is 0. The van der Waals surface area contributed by atoms with Gasteiger partial charge in [0.15, 0.2) is 0 Å². The Balaban J connectivity index is 2.48. The number of benzene rings is 1. The highest BCUT2D eigenvalue weighted by atomic mass is 16.2. The molecule has 2 heteroatoms. The van der Waals surface area contributed by atoms with Gasteiger partial charge in [-0.25, -0.2) is 0 Å². The van der Waals surface area contributed by atoms with Gasteiger partial charge >= 0.3 is 0 Å². The first-order valence-corrected chi connectivity index (χ1v) is 4.26. The van der Waals surface area contributed by atoms with Crippen LogP contribution >= 0.6 is 0 Å². The maximum Gasteiger partial charge on any atom is 0.0431 e. The zero-order valence-electron chi connectivity index (χ0n) is 7.11. The van der Waals surface area contributed by atoms with Crippen LogP contribution in [0.1, 0.15) is 24.4 Å². The second-order valence-electron chi connectivity index (χ2n) is 2.88. The molecule has 1 aromatic carbocycles. The zero-order chi connectivity index (χ0) is 8.81. The van der Waals surface area contributed by atoms with Crippen LogP contribution in [0.2, 0.25) is 0 Å². The molecule has 0 unspecified atom stereocenters. The van der Waals surface area contributed by atoms with Gasteiger partial charge in [-0.2, -0.15) is 0 Å². The Morgan fingerprint density at radius 3 is 2.50 bits per heavy atom. The van der Waals surface area contributed by atoms with Gasteiger partial charge in [0, 0.05) is 12.6 Å². The Bertz CT molecular complexity index is 210. The first kappa shape index (κ1) is 9.23. The van der Waals surface area contributed by atoms with Crippen molar-refractivity contribution in [2.45, 2.75) is 18.9 Å². The molecule has 1 rings (SSSR count). The highest BCUT2D eigenvalue weighted by Gasteiger charge is 2.03. The molecule has 0 aliphatic carbocycles. The van der Waals surface area contributed by atoms with E-state index < -0.39 is 0 Å². The minimum atomic E-state index is 0.0679. The van der Waals surface area contributed by atoms with Crippen LogP contribution in [0.25, 0.3) is 0 Å². The van der Waals surface area contributed by atoms with Gasteiger partial charge in [0.1, 0.15) is 0 Å². The number of aliphatic hydroxyl groups excluding tert-OH is 1. The molecule has 0 aromatic heterocycles. The van der Waals surface area contributed by atoms with Gasteiger partial charge in [-0.3, -0.25) is 0 Å². The van der Waals surface area contributed by atoms with E-state index in [1.54, 1.807) is 0 Å². The number of aliphatic hydroxyl groups is 1. The van der Waals surface area contributed by atoms with E-state index in [1.165, 1.54) is 0 Å². The van der Waals surface area contributed by atoms with Crippen molar-refractivity contribution < 1.29 is 5.11 Å². The SMILES string of the molecule is N[C@H](CCCO)c1ccccc1. The van der Waals surface area contributed by atoms with E-state index in [0.717, 1.165) is 18.4 Å². The van der Waals surface area contributed by atoms with E-state index in [4.69, 9.17) is 10.8 Å². The van der Waals surface area contributed by atoms with Gasteiger partial charge in [-0.1, -0.05) is 30.3 Å². The first-order chi connectivity index (χ1) is 5.84. The molecule has 0 radical (unpaired) electrons. The maximum atomic E-state index is 8.61. The fourth-order valence-corrected chi connectivity index (χ4v) is 1.18. The van der Waals surface area contributed by atoms with E-state index in [-0.39, 0.29) is 12.6 Å². The van der Waals surface area contributed by atoms with Crippen LogP contribution in [0, 0.1) is 0 Å². The Labute approximate surface area is 73.0 Å². The fraction of sp³-hybridized carbons (Fsp3) is 0.400. The van der Waals surface area contributed by atoms with Crippen molar-refractivity contribution in [2.75, 3.05) is 6.61 Å². The van der Waals surface area contributed by atoms with E-state index in [0.29, 0.717) is 0 Å². The lowest BCUT2D eigenvalue weighted by Gasteiger charge is -2.10. The summed E-state index contributed by atoms with van der Waals surface area (Å²) in [6, 6.07) is 10.0. The minimum absolute atomic E-state index is 0.0679. The Hall–Kier alpha value is -0.860. The average Bonchev–Trinajstić information content (AvgIpc) is 2.15. The summed E-state index contributed by atoms with van der Waals surface area (Å²) in [5.41, 5.74) is 7.01. The van der Waals surface area contributed by atoms with Crippen molar-refractivity contribution in [3.05, 3.63) is 35.9 Å². The highest BCUT2D eigenvalue weighted by Crippen LogP contribution is 2.14. The predicted molar refractivity (Wildman–Crippen MR) is 49.7 cm³/mol. The van der Waals surface area contributed by atoms with Crippen LogP contribution in [0.3, 0.4) is 0 Å². The predicted octanol–water partition coefficient (Wildman–Crippen LogP) is 1.46. The quantitative estimate of drug-likeness (QED) is 0.709. The molecule has 0 amide bonds. The largest absolute Gasteiger partial charge is 0.396 e. The number of hydrogen-bond acceptors (Lipinski definition) is 2. The van der Waals surface area contributed by atoms with E-state index in [2.05, 4.69) is 0 Å². The second kappa shape index (κ2) is 4.91. The summed E-state index contributed by atoms with van der Waals surface area (Å²) in [5.74, 6) is 0. The fourth-order valence-electron chi connectivity index (χ4n) is 1.18. The molecule has 1 atom stereocenters. The lowest BCUT2D eigenvalue weighted by molar-refractivity contribution is 0.280. The van der Waals surface area contributed by atoms with Crippen LogP contribution in [-0.4, -0.2) is 11.7 Å². The summed E-state index contributed by atoms with van der Waals surface area (Å²) in [6.07, 6.45) is 1.62. The summed E-state index contributed by atoms with van der Waals surface area (Å²) in [7, 11) is 0. The smallest absolute Gasteiger partial charge is 0.0431 e. The lowest BCUT2D eigenvalue weighted by atomic mass is 10.0. The molecule has 66 valence electrons. The molecule has 0 spiro atoms. The van der Waals surface area contributed by atoms with Gasteiger partial charge < -0.3 is 10.8 Å². The van der Waals surface area contributed by atoms with Crippen molar-refractivity contribution in [1.29, 1.82) is 0 Å². The molecule has 0 saturated carbocycles. The van der Waals surface area contributed by atoms with Gasteiger partial charge in [-0.15, -0.1) is 0 Å². The van der Waals surface area contributed by atoms with Gasteiger partial charge in [-0.05, 0) is 18.4 Å². The Morgan fingerprint density at radius 1 is 1.25 bits per heavy atom. The lowest BCUT2D eigenvalue weighted by Crippen LogP contribution is -2.10. The van der Waals surface area contributed by atoms with E-state index in [1.807, 2.05) is 30.3 Å². The maximum absolute atomic E-state index is 8.61. The number of hydrogen-bond donors (Lipinski definition) is 2. The molecule has 2 nitrogen and oxygen atoms in total. The van der Waals surface area contributed by atoms with Crippen molar-refractivity contribution in [1.82, 2.24) is 0 Å². The van der Waals surface area contributed by atoms with Crippen LogP contribution in [-0.2, 0) is 0 Å². The standard InChI is InChI=1S/C10H15NO/c11-10(7-4-8-12)9-5-2-1-3-6-9/h1-3,5-6,10,12H,4,7-8,11H2/t10-/m1/s1. The third-order valence-electron chi connectivity index (χ3n) is 1.90. The first-order valence-electron chi connectivity index (χ1n) is 4.26. The van der Waals surface area contributed by atoms with Crippen LogP contribution < -0.4 is 5.73 Å². The summed E-state index contributed by atoms with van der Waals surface area (Å²) in [6.45, 7) is 0.223. The summed E-state index contributed by atoms with van der Waals surface area (Å²) in [5, 5.41) is 8.61. The molecule has 12 heavy (non-hydrogen) atoms. The van der Waals surface area contributed by atoms with Crippen LogP contribution in [0.4, 0.5) is 0 Å². The molecule has 0 aliphatic heterocycles. The highest BCUT2D eigenvalue weighted by molar-refractivity contribution is 5.18. The molecular formula is C10H15NO. The Morgan fingerprint density at radius 2 is 1.92 bits per heavy atom. The van der Waals surface area contributed by atoms with Gasteiger partial charge in [0.25, 0.3) is 0 Å². The van der Waals surface area contributed by atoms with Crippen molar-refractivity contribution in [2.24, 2.45) is 5.73 Å². The van der Waals surface area contributed by atoms with E-state index in [9.17, 15) is 0 Å². The van der Waals surface area contributed by atoms with Gasteiger partial charge in [0.2, 0.25) is 0 Å². The molecule has 0 aliphatic rings. The monoisotopic (exact) mass is 165 g/mol. The second-order valence-corrected chi connectivity index (χ2v) is 2.88. The third kappa shape index (κ3) is 2.64. The molecule has 0 bridgehead atoms. The molecule has 0 saturated heterocycles. The molecular weight excluding hydrogens is 150 g/mol. The topological polar surface area (TPSA) is 46.2 Å². The molecule has 0 heterocycles. The summed E-state index contributed by atoms with van der Waals surface area (Å²) >= 11 is 0. The molecule has 0 fully saturated rings. The van der Waals surface area contributed by atoms with Gasteiger partial charge in [0.05, 0.1) is 0 Å². The van der Waals surface area contributed by atoms with Crippen molar-refractivity contribution in [3.63, 3.8) is 0 Å².